The number of benzene rings is 1. The monoisotopic (exact) mass is 317 g/mol. The van der Waals surface area contributed by atoms with Gasteiger partial charge in [-0.1, -0.05) is 12.1 Å². The Bertz CT molecular complexity index is 299. The summed E-state index contributed by atoms with van der Waals surface area (Å²) in [6.45, 7) is 10.1. The van der Waals surface area contributed by atoms with Crippen molar-refractivity contribution in [1.29, 1.82) is 0 Å². The first-order valence-corrected chi connectivity index (χ1v) is 6.58. The lowest BCUT2D eigenvalue weighted by Crippen LogP contribution is -2.36. The molecule has 0 spiro atoms. The molecule has 0 amide bonds. The molecule has 0 radical (unpaired) electrons. The minimum atomic E-state index is 0.600. The average molecular weight is 317 g/mol. The molecule has 0 aromatic heterocycles. The van der Waals surface area contributed by atoms with Gasteiger partial charge in [0.25, 0.3) is 0 Å². The molecule has 84 valence electrons. The minimum absolute atomic E-state index is 0.600. The van der Waals surface area contributed by atoms with Crippen LogP contribution in [0.2, 0.25) is 0 Å². The van der Waals surface area contributed by atoms with Gasteiger partial charge < -0.3 is 0 Å². The maximum absolute atomic E-state index is 2.51. The Labute approximate surface area is 107 Å². The highest BCUT2D eigenvalue weighted by atomic mass is 127. The van der Waals surface area contributed by atoms with Crippen LogP contribution in [-0.2, 0) is 6.54 Å². The second-order valence-electron chi connectivity index (χ2n) is 4.49. The lowest BCUT2D eigenvalue weighted by Gasteiger charge is -2.30. The standard InChI is InChI=1S/C13H20IN/c1-10(2)15(11(3)4)9-12-6-5-7-13(14)8-12/h5-8,10-11H,9H2,1-4H3. The molecule has 2 heteroatoms. The summed E-state index contributed by atoms with van der Waals surface area (Å²) in [6.07, 6.45) is 0. The second-order valence-corrected chi connectivity index (χ2v) is 5.74. The van der Waals surface area contributed by atoms with Crippen molar-refractivity contribution in [3.05, 3.63) is 33.4 Å². The van der Waals surface area contributed by atoms with Gasteiger partial charge in [-0.3, -0.25) is 4.90 Å². The van der Waals surface area contributed by atoms with E-state index in [-0.39, 0.29) is 0 Å². The highest BCUT2D eigenvalue weighted by Gasteiger charge is 2.13. The lowest BCUT2D eigenvalue weighted by atomic mass is 10.1. The Morgan fingerprint density at radius 2 is 1.73 bits per heavy atom. The summed E-state index contributed by atoms with van der Waals surface area (Å²) in [5.41, 5.74) is 1.41. The van der Waals surface area contributed by atoms with Gasteiger partial charge in [-0.05, 0) is 68.0 Å². The minimum Gasteiger partial charge on any atom is -0.294 e. The van der Waals surface area contributed by atoms with Crippen LogP contribution in [0.5, 0.6) is 0 Å². The quantitative estimate of drug-likeness (QED) is 0.761. The first kappa shape index (κ1) is 13.0. The van der Waals surface area contributed by atoms with Crippen LogP contribution >= 0.6 is 22.6 Å². The van der Waals surface area contributed by atoms with Crippen molar-refractivity contribution in [2.75, 3.05) is 0 Å². The van der Waals surface area contributed by atoms with Crippen LogP contribution in [0.3, 0.4) is 0 Å². The second kappa shape index (κ2) is 5.85. The number of nitrogens with zero attached hydrogens (tertiary/aromatic N) is 1. The van der Waals surface area contributed by atoms with Gasteiger partial charge in [0, 0.05) is 22.2 Å². The third kappa shape index (κ3) is 4.11. The molecular formula is C13H20IN. The van der Waals surface area contributed by atoms with E-state index in [9.17, 15) is 0 Å². The van der Waals surface area contributed by atoms with Gasteiger partial charge in [0.05, 0.1) is 0 Å². The highest BCUT2D eigenvalue weighted by molar-refractivity contribution is 14.1. The third-order valence-corrected chi connectivity index (χ3v) is 3.25. The largest absolute Gasteiger partial charge is 0.294 e. The van der Waals surface area contributed by atoms with Crippen LogP contribution in [0.4, 0.5) is 0 Å². The van der Waals surface area contributed by atoms with Gasteiger partial charge in [-0.25, -0.2) is 0 Å². The Hall–Kier alpha value is -0.0900. The Morgan fingerprint density at radius 1 is 1.13 bits per heavy atom. The van der Waals surface area contributed by atoms with E-state index in [1.54, 1.807) is 0 Å². The number of halogens is 1. The molecule has 0 bridgehead atoms. The van der Waals surface area contributed by atoms with Crippen molar-refractivity contribution in [3.8, 4) is 0 Å². The summed E-state index contributed by atoms with van der Waals surface area (Å²) in [4.78, 5) is 2.51. The fraction of sp³-hybridized carbons (Fsp3) is 0.538. The molecule has 1 nitrogen and oxygen atoms in total. The van der Waals surface area contributed by atoms with E-state index in [0.29, 0.717) is 12.1 Å². The molecule has 0 aliphatic carbocycles. The van der Waals surface area contributed by atoms with Crippen LogP contribution in [-0.4, -0.2) is 17.0 Å². The average Bonchev–Trinajstić information content (AvgIpc) is 2.13. The fourth-order valence-corrected chi connectivity index (χ4v) is 2.42. The van der Waals surface area contributed by atoms with E-state index in [0.717, 1.165) is 6.54 Å². The van der Waals surface area contributed by atoms with Crippen molar-refractivity contribution in [2.24, 2.45) is 0 Å². The highest BCUT2D eigenvalue weighted by Crippen LogP contribution is 2.14. The van der Waals surface area contributed by atoms with E-state index in [1.165, 1.54) is 9.13 Å². The van der Waals surface area contributed by atoms with Crippen LogP contribution < -0.4 is 0 Å². The Kier molecular flexibility index (Phi) is 5.06. The normalized spacial score (nSPS) is 11.7. The smallest absolute Gasteiger partial charge is 0.0239 e. The van der Waals surface area contributed by atoms with Crippen LogP contribution in [0.15, 0.2) is 24.3 Å². The van der Waals surface area contributed by atoms with Gasteiger partial charge in [0.2, 0.25) is 0 Å². The van der Waals surface area contributed by atoms with Crippen molar-refractivity contribution >= 4 is 22.6 Å². The molecule has 0 aliphatic rings. The molecule has 0 fully saturated rings. The Balaban J connectivity index is 2.74. The number of hydrogen-bond donors (Lipinski definition) is 0. The Morgan fingerprint density at radius 3 is 2.20 bits per heavy atom. The van der Waals surface area contributed by atoms with Crippen LogP contribution in [0, 0.1) is 3.57 Å². The molecule has 0 saturated carbocycles. The van der Waals surface area contributed by atoms with Gasteiger partial charge in [0.15, 0.2) is 0 Å². The molecule has 1 aromatic rings. The first-order valence-electron chi connectivity index (χ1n) is 5.51. The molecule has 1 rings (SSSR count). The topological polar surface area (TPSA) is 3.24 Å². The molecular weight excluding hydrogens is 297 g/mol. The molecule has 0 aliphatic heterocycles. The zero-order valence-corrected chi connectivity index (χ0v) is 12.2. The molecule has 1 aromatic carbocycles. The van der Waals surface area contributed by atoms with Crippen molar-refractivity contribution in [3.63, 3.8) is 0 Å². The van der Waals surface area contributed by atoms with Gasteiger partial charge in [-0.2, -0.15) is 0 Å². The summed E-state index contributed by atoms with van der Waals surface area (Å²) < 4.78 is 1.32. The van der Waals surface area contributed by atoms with E-state index in [4.69, 9.17) is 0 Å². The summed E-state index contributed by atoms with van der Waals surface area (Å²) in [5, 5.41) is 0. The van der Waals surface area contributed by atoms with Gasteiger partial charge in [0.1, 0.15) is 0 Å². The van der Waals surface area contributed by atoms with Gasteiger partial charge >= 0.3 is 0 Å². The van der Waals surface area contributed by atoms with E-state index in [2.05, 4.69) is 79.5 Å². The lowest BCUT2D eigenvalue weighted by molar-refractivity contribution is 0.166. The maximum atomic E-state index is 2.51. The fourth-order valence-electron chi connectivity index (χ4n) is 1.81. The molecule has 15 heavy (non-hydrogen) atoms. The maximum Gasteiger partial charge on any atom is 0.0239 e. The first-order chi connectivity index (χ1) is 7.00. The summed E-state index contributed by atoms with van der Waals surface area (Å²) in [7, 11) is 0. The van der Waals surface area contributed by atoms with Crippen molar-refractivity contribution < 1.29 is 0 Å². The van der Waals surface area contributed by atoms with Gasteiger partial charge in [-0.15, -0.1) is 0 Å². The van der Waals surface area contributed by atoms with Crippen LogP contribution in [0.1, 0.15) is 33.3 Å². The summed E-state index contributed by atoms with van der Waals surface area (Å²) in [5.74, 6) is 0. The number of rotatable bonds is 4. The predicted molar refractivity (Wildman–Crippen MR) is 75.0 cm³/mol. The van der Waals surface area contributed by atoms with E-state index >= 15 is 0 Å². The molecule has 0 atom stereocenters. The zero-order chi connectivity index (χ0) is 11.4. The molecule has 0 N–H and O–H groups in total. The summed E-state index contributed by atoms with van der Waals surface area (Å²) in [6, 6.07) is 9.94. The predicted octanol–water partition coefficient (Wildman–Crippen LogP) is 3.91. The zero-order valence-electron chi connectivity index (χ0n) is 10.00. The van der Waals surface area contributed by atoms with Crippen LogP contribution in [0.25, 0.3) is 0 Å². The van der Waals surface area contributed by atoms with E-state index in [1.807, 2.05) is 0 Å². The molecule has 0 saturated heterocycles. The summed E-state index contributed by atoms with van der Waals surface area (Å²) >= 11 is 2.37. The SMILES string of the molecule is CC(C)N(Cc1cccc(I)c1)C(C)C. The third-order valence-electron chi connectivity index (χ3n) is 2.58. The molecule has 0 heterocycles. The molecule has 0 unspecified atom stereocenters. The van der Waals surface area contributed by atoms with Crippen molar-refractivity contribution in [1.82, 2.24) is 4.90 Å². The number of hydrogen-bond acceptors (Lipinski definition) is 1. The van der Waals surface area contributed by atoms with E-state index < -0.39 is 0 Å². The van der Waals surface area contributed by atoms with Crippen molar-refractivity contribution in [2.45, 2.75) is 46.3 Å².